The van der Waals surface area contributed by atoms with E-state index in [0.717, 1.165) is 41.3 Å². The van der Waals surface area contributed by atoms with Gasteiger partial charge in [-0.05, 0) is 31.2 Å². The van der Waals surface area contributed by atoms with Crippen molar-refractivity contribution in [1.29, 1.82) is 0 Å². The molecule has 0 unspecified atom stereocenters. The Balaban J connectivity index is 1.59. The first-order valence-electron chi connectivity index (χ1n) is 8.20. The summed E-state index contributed by atoms with van der Waals surface area (Å²) < 4.78 is 0. The zero-order valence-corrected chi connectivity index (χ0v) is 14.8. The van der Waals surface area contributed by atoms with E-state index in [-0.39, 0.29) is 5.56 Å². The highest BCUT2D eigenvalue weighted by Crippen LogP contribution is 2.21. The number of hydrogen-bond donors (Lipinski definition) is 2. The Morgan fingerprint density at radius 2 is 2.12 bits per heavy atom. The third kappa shape index (κ3) is 3.33. The van der Waals surface area contributed by atoms with Crippen LogP contribution in [0.5, 0.6) is 0 Å². The molecule has 0 saturated carbocycles. The number of benzene rings is 1. The SMILES string of the molecule is Cc1cnc(CN2CCc3nc(-c4ccc(N)cc4)[nH]c(=O)c3C2)s1. The molecular weight excluding hydrogens is 334 g/mol. The smallest absolute Gasteiger partial charge is 0.255 e. The summed E-state index contributed by atoms with van der Waals surface area (Å²) >= 11 is 1.70. The van der Waals surface area contributed by atoms with Crippen molar-refractivity contribution in [2.45, 2.75) is 26.4 Å². The molecule has 1 aromatic carbocycles. The molecule has 4 rings (SSSR count). The summed E-state index contributed by atoms with van der Waals surface area (Å²) in [6, 6.07) is 7.37. The first kappa shape index (κ1) is 16.0. The van der Waals surface area contributed by atoms with Crippen LogP contribution in [0.15, 0.2) is 35.3 Å². The number of hydrogen-bond acceptors (Lipinski definition) is 6. The molecule has 0 spiro atoms. The van der Waals surface area contributed by atoms with Crippen LogP contribution in [0.4, 0.5) is 5.69 Å². The number of aromatic nitrogens is 3. The predicted molar refractivity (Wildman–Crippen MR) is 99.4 cm³/mol. The van der Waals surface area contributed by atoms with E-state index >= 15 is 0 Å². The molecule has 0 fully saturated rings. The van der Waals surface area contributed by atoms with Gasteiger partial charge in [-0.1, -0.05) is 0 Å². The summed E-state index contributed by atoms with van der Waals surface area (Å²) in [5, 5.41) is 1.09. The summed E-state index contributed by atoms with van der Waals surface area (Å²) in [6.07, 6.45) is 2.66. The number of aromatic amines is 1. The lowest BCUT2D eigenvalue weighted by Crippen LogP contribution is -2.35. The van der Waals surface area contributed by atoms with Crippen LogP contribution in [0.2, 0.25) is 0 Å². The van der Waals surface area contributed by atoms with Crippen molar-refractivity contribution in [3.8, 4) is 11.4 Å². The summed E-state index contributed by atoms with van der Waals surface area (Å²) in [5.41, 5.74) is 8.88. The van der Waals surface area contributed by atoms with Crippen molar-refractivity contribution in [3.05, 3.63) is 62.0 Å². The van der Waals surface area contributed by atoms with Crippen LogP contribution in [0.3, 0.4) is 0 Å². The number of thiazole rings is 1. The first-order chi connectivity index (χ1) is 12.1. The molecule has 3 N–H and O–H groups in total. The molecular formula is C18H19N5OS. The van der Waals surface area contributed by atoms with Gasteiger partial charge in [0.1, 0.15) is 10.8 Å². The number of fused-ring (bicyclic) bond motifs is 1. The number of nitrogens with two attached hydrogens (primary N) is 1. The van der Waals surface area contributed by atoms with Crippen molar-refractivity contribution in [2.24, 2.45) is 0 Å². The molecule has 2 aromatic heterocycles. The molecule has 0 atom stereocenters. The fraction of sp³-hybridized carbons (Fsp3) is 0.278. The summed E-state index contributed by atoms with van der Waals surface area (Å²) in [7, 11) is 0. The quantitative estimate of drug-likeness (QED) is 0.706. The van der Waals surface area contributed by atoms with E-state index in [2.05, 4.69) is 26.8 Å². The molecule has 0 aliphatic carbocycles. The molecule has 0 radical (unpaired) electrons. The molecule has 6 nitrogen and oxygen atoms in total. The number of aryl methyl sites for hydroxylation is 1. The molecule has 3 heterocycles. The summed E-state index contributed by atoms with van der Waals surface area (Å²) in [4.78, 5) is 28.0. The number of nitrogens with zero attached hydrogens (tertiary/aromatic N) is 3. The fourth-order valence-electron chi connectivity index (χ4n) is 3.06. The maximum absolute atomic E-state index is 12.6. The maximum Gasteiger partial charge on any atom is 0.255 e. The van der Waals surface area contributed by atoms with Crippen LogP contribution in [-0.2, 0) is 19.5 Å². The normalized spacial score (nSPS) is 14.4. The van der Waals surface area contributed by atoms with Crippen LogP contribution in [0.1, 0.15) is 21.1 Å². The van der Waals surface area contributed by atoms with Crippen LogP contribution in [-0.4, -0.2) is 26.4 Å². The molecule has 0 saturated heterocycles. The minimum absolute atomic E-state index is 0.0585. The number of anilines is 1. The molecule has 0 amide bonds. The number of nitrogen functional groups attached to an aromatic ring is 1. The Bertz CT molecular complexity index is 960. The predicted octanol–water partition coefficient (Wildman–Crippen LogP) is 2.34. The van der Waals surface area contributed by atoms with Crippen molar-refractivity contribution < 1.29 is 0 Å². The lowest BCUT2D eigenvalue weighted by Gasteiger charge is -2.26. The van der Waals surface area contributed by atoms with Crippen LogP contribution >= 0.6 is 11.3 Å². The average Bonchev–Trinajstić information content (AvgIpc) is 3.01. The number of rotatable bonds is 3. The Labute approximate surface area is 149 Å². The first-order valence-corrected chi connectivity index (χ1v) is 9.02. The van der Waals surface area contributed by atoms with Gasteiger partial charge >= 0.3 is 0 Å². The Hall–Kier alpha value is -2.51. The van der Waals surface area contributed by atoms with Crippen LogP contribution < -0.4 is 11.3 Å². The minimum atomic E-state index is -0.0585. The molecule has 0 bridgehead atoms. The zero-order chi connectivity index (χ0) is 17.4. The molecule has 128 valence electrons. The van der Waals surface area contributed by atoms with Gasteiger partial charge in [-0.25, -0.2) is 9.97 Å². The van der Waals surface area contributed by atoms with E-state index in [9.17, 15) is 4.79 Å². The minimum Gasteiger partial charge on any atom is -0.399 e. The highest BCUT2D eigenvalue weighted by molar-refractivity contribution is 7.11. The topological polar surface area (TPSA) is 87.9 Å². The number of H-pyrrole nitrogens is 1. The largest absolute Gasteiger partial charge is 0.399 e. The molecule has 3 aromatic rings. The van der Waals surface area contributed by atoms with Gasteiger partial charge in [-0.2, -0.15) is 0 Å². The lowest BCUT2D eigenvalue weighted by molar-refractivity contribution is 0.241. The Morgan fingerprint density at radius 1 is 1.32 bits per heavy atom. The second-order valence-corrected chi connectivity index (χ2v) is 7.61. The monoisotopic (exact) mass is 353 g/mol. The van der Waals surface area contributed by atoms with Gasteiger partial charge in [-0.15, -0.1) is 11.3 Å². The van der Waals surface area contributed by atoms with E-state index in [4.69, 9.17) is 5.73 Å². The van der Waals surface area contributed by atoms with Gasteiger partial charge in [0.2, 0.25) is 0 Å². The van der Waals surface area contributed by atoms with Gasteiger partial charge in [0.05, 0.1) is 17.8 Å². The van der Waals surface area contributed by atoms with E-state index in [1.807, 2.05) is 30.5 Å². The van der Waals surface area contributed by atoms with Crippen LogP contribution in [0, 0.1) is 6.92 Å². The van der Waals surface area contributed by atoms with E-state index < -0.39 is 0 Å². The Kier molecular flexibility index (Phi) is 4.10. The standard InChI is InChI=1S/C18H19N5OS/c1-11-8-20-16(25-11)10-23-7-6-15-14(9-23)18(24)22-17(21-15)12-2-4-13(19)5-3-12/h2-5,8H,6-7,9-10,19H2,1H3,(H,21,22,24). The molecule has 1 aliphatic rings. The van der Waals surface area contributed by atoms with Crippen LogP contribution in [0.25, 0.3) is 11.4 Å². The Morgan fingerprint density at radius 3 is 2.84 bits per heavy atom. The maximum atomic E-state index is 12.6. The van der Waals surface area contributed by atoms with Gasteiger partial charge in [-0.3, -0.25) is 9.69 Å². The summed E-state index contributed by atoms with van der Waals surface area (Å²) in [5.74, 6) is 0.604. The summed E-state index contributed by atoms with van der Waals surface area (Å²) in [6.45, 7) is 4.32. The van der Waals surface area contributed by atoms with Gasteiger partial charge in [0, 0.05) is 41.8 Å². The van der Waals surface area contributed by atoms with Gasteiger partial charge < -0.3 is 10.7 Å². The highest BCUT2D eigenvalue weighted by Gasteiger charge is 2.22. The fourth-order valence-corrected chi connectivity index (χ4v) is 3.89. The average molecular weight is 353 g/mol. The zero-order valence-electron chi connectivity index (χ0n) is 14.0. The van der Waals surface area contributed by atoms with E-state index in [1.165, 1.54) is 4.88 Å². The van der Waals surface area contributed by atoms with E-state index in [0.29, 0.717) is 18.1 Å². The van der Waals surface area contributed by atoms with Crippen molar-refractivity contribution >= 4 is 17.0 Å². The van der Waals surface area contributed by atoms with Crippen molar-refractivity contribution in [2.75, 3.05) is 12.3 Å². The highest BCUT2D eigenvalue weighted by atomic mass is 32.1. The second-order valence-electron chi connectivity index (χ2n) is 6.29. The van der Waals surface area contributed by atoms with Crippen molar-refractivity contribution in [3.63, 3.8) is 0 Å². The molecule has 25 heavy (non-hydrogen) atoms. The number of nitrogens with one attached hydrogen (secondary N) is 1. The third-order valence-corrected chi connectivity index (χ3v) is 5.26. The third-order valence-electron chi connectivity index (χ3n) is 4.36. The molecule has 1 aliphatic heterocycles. The van der Waals surface area contributed by atoms with Gasteiger partial charge in [0.15, 0.2) is 0 Å². The van der Waals surface area contributed by atoms with E-state index in [1.54, 1.807) is 11.3 Å². The second kappa shape index (κ2) is 6.42. The van der Waals surface area contributed by atoms with Crippen molar-refractivity contribution in [1.82, 2.24) is 19.9 Å². The molecule has 7 heteroatoms. The lowest BCUT2D eigenvalue weighted by atomic mass is 10.1. The van der Waals surface area contributed by atoms with Gasteiger partial charge in [0.25, 0.3) is 5.56 Å².